The third kappa shape index (κ3) is 3.97. The average Bonchev–Trinajstić information content (AvgIpc) is 2.92. The quantitative estimate of drug-likeness (QED) is 0.335. The highest BCUT2D eigenvalue weighted by Gasteiger charge is 2.37. The number of hydrogen-bond acceptors (Lipinski definition) is 6. The molecule has 0 saturated carbocycles. The van der Waals surface area contributed by atoms with Crippen LogP contribution >= 0.6 is 0 Å². The SMILES string of the molecule is COc1cc(-c2ccc3c(c2)Nc2ccc(C(C)(C)C(C)(C)O)cc2NC3=O)ccc1[N+](=O)[O-]. The minimum Gasteiger partial charge on any atom is -0.490 e. The Hall–Kier alpha value is -3.91. The van der Waals surface area contributed by atoms with E-state index in [1.807, 2.05) is 38.1 Å². The van der Waals surface area contributed by atoms with Gasteiger partial charge in [0.1, 0.15) is 0 Å². The zero-order valence-electron chi connectivity index (χ0n) is 19.7. The number of hydrogen-bond donors (Lipinski definition) is 3. The van der Waals surface area contributed by atoms with Crippen LogP contribution < -0.4 is 15.4 Å². The van der Waals surface area contributed by atoms with Crippen LogP contribution in [0.15, 0.2) is 54.6 Å². The lowest BCUT2D eigenvalue weighted by Gasteiger charge is -2.38. The van der Waals surface area contributed by atoms with Gasteiger partial charge in [0.05, 0.1) is 40.3 Å². The summed E-state index contributed by atoms with van der Waals surface area (Å²) in [5, 5.41) is 28.1. The fraction of sp³-hybridized carbons (Fsp3) is 0.269. The van der Waals surface area contributed by atoms with Crippen LogP contribution in [0.3, 0.4) is 0 Å². The number of aliphatic hydroxyl groups is 1. The van der Waals surface area contributed by atoms with Crippen LogP contribution in [0.25, 0.3) is 11.1 Å². The summed E-state index contributed by atoms with van der Waals surface area (Å²) in [5.41, 5.74) is 3.19. The number of anilines is 3. The third-order valence-electron chi connectivity index (χ3n) is 6.76. The van der Waals surface area contributed by atoms with Crippen molar-refractivity contribution in [1.29, 1.82) is 0 Å². The first-order chi connectivity index (χ1) is 15.9. The minimum absolute atomic E-state index is 0.114. The van der Waals surface area contributed by atoms with Gasteiger partial charge in [0, 0.05) is 11.5 Å². The molecule has 0 fully saturated rings. The molecule has 0 unspecified atom stereocenters. The van der Waals surface area contributed by atoms with Crippen LogP contribution in [0.2, 0.25) is 0 Å². The Kier molecular flexibility index (Phi) is 5.57. The molecule has 3 N–H and O–H groups in total. The van der Waals surface area contributed by atoms with Crippen LogP contribution in [0.5, 0.6) is 5.75 Å². The van der Waals surface area contributed by atoms with Crippen LogP contribution in [0, 0.1) is 10.1 Å². The zero-order chi connectivity index (χ0) is 24.8. The standard InChI is InChI=1S/C26H27N3O5/c1-25(2,26(3,4)31)17-8-10-19-21(14-17)28-24(30)18-9-6-15(12-20(18)27-19)16-7-11-22(29(32)33)23(13-16)34-5/h6-14,27,31H,1-5H3,(H,28,30). The van der Waals surface area contributed by atoms with E-state index in [0.29, 0.717) is 16.9 Å². The van der Waals surface area contributed by atoms with Gasteiger partial charge in [-0.15, -0.1) is 0 Å². The van der Waals surface area contributed by atoms with Gasteiger partial charge in [-0.2, -0.15) is 0 Å². The Morgan fingerprint density at radius 3 is 2.21 bits per heavy atom. The maximum Gasteiger partial charge on any atom is 0.310 e. The van der Waals surface area contributed by atoms with Crippen LogP contribution in [-0.4, -0.2) is 28.6 Å². The largest absolute Gasteiger partial charge is 0.490 e. The van der Waals surface area contributed by atoms with E-state index >= 15 is 0 Å². The second kappa shape index (κ2) is 8.14. The zero-order valence-corrected chi connectivity index (χ0v) is 19.7. The highest BCUT2D eigenvalue weighted by molar-refractivity contribution is 6.12. The van der Waals surface area contributed by atoms with E-state index < -0.39 is 15.9 Å². The molecule has 0 aliphatic carbocycles. The van der Waals surface area contributed by atoms with E-state index in [0.717, 1.165) is 22.4 Å². The Morgan fingerprint density at radius 2 is 1.56 bits per heavy atom. The average molecular weight is 462 g/mol. The number of nitro benzene ring substituents is 1. The summed E-state index contributed by atoms with van der Waals surface area (Å²) >= 11 is 0. The summed E-state index contributed by atoms with van der Waals surface area (Å²) in [6.07, 6.45) is 0. The molecule has 1 amide bonds. The number of rotatable bonds is 5. The highest BCUT2D eigenvalue weighted by atomic mass is 16.6. The van der Waals surface area contributed by atoms with Crippen molar-refractivity contribution >= 4 is 28.7 Å². The second-order valence-corrected chi connectivity index (χ2v) is 9.43. The normalized spacial score (nSPS) is 13.2. The topological polar surface area (TPSA) is 114 Å². The van der Waals surface area contributed by atoms with E-state index in [4.69, 9.17) is 4.74 Å². The fourth-order valence-electron chi connectivity index (χ4n) is 3.87. The van der Waals surface area contributed by atoms with Gasteiger partial charge in [-0.05, 0) is 66.9 Å². The van der Waals surface area contributed by atoms with Gasteiger partial charge >= 0.3 is 5.69 Å². The molecule has 3 aromatic carbocycles. The lowest BCUT2D eigenvalue weighted by atomic mass is 9.72. The minimum atomic E-state index is -0.965. The first-order valence-corrected chi connectivity index (χ1v) is 10.8. The maximum atomic E-state index is 13.0. The Morgan fingerprint density at radius 1 is 0.882 bits per heavy atom. The third-order valence-corrected chi connectivity index (χ3v) is 6.76. The number of nitrogens with one attached hydrogen (secondary N) is 2. The summed E-state index contributed by atoms with van der Waals surface area (Å²) < 4.78 is 5.19. The monoisotopic (exact) mass is 461 g/mol. The Bertz CT molecular complexity index is 1310. The molecule has 0 radical (unpaired) electrons. The smallest absolute Gasteiger partial charge is 0.310 e. The summed E-state index contributed by atoms with van der Waals surface area (Å²) in [5.74, 6) is -0.0947. The van der Waals surface area contributed by atoms with E-state index in [1.54, 1.807) is 38.1 Å². The van der Waals surface area contributed by atoms with Crippen LogP contribution in [-0.2, 0) is 5.41 Å². The van der Waals surface area contributed by atoms with Gasteiger partial charge in [-0.3, -0.25) is 14.9 Å². The second-order valence-electron chi connectivity index (χ2n) is 9.43. The number of carbonyl (C=O) groups excluding carboxylic acids is 1. The number of nitro groups is 1. The molecule has 0 spiro atoms. The molecule has 34 heavy (non-hydrogen) atoms. The molecule has 0 atom stereocenters. The van der Waals surface area contributed by atoms with Crippen molar-refractivity contribution < 1.29 is 19.6 Å². The van der Waals surface area contributed by atoms with Crippen molar-refractivity contribution in [2.24, 2.45) is 0 Å². The van der Waals surface area contributed by atoms with Gasteiger partial charge in [0.15, 0.2) is 5.75 Å². The van der Waals surface area contributed by atoms with Crippen molar-refractivity contribution in [3.05, 3.63) is 75.8 Å². The molecule has 0 saturated heterocycles. The molecule has 3 aromatic rings. The van der Waals surface area contributed by atoms with E-state index in [9.17, 15) is 20.0 Å². The van der Waals surface area contributed by atoms with E-state index in [2.05, 4.69) is 10.6 Å². The van der Waals surface area contributed by atoms with Gasteiger partial charge in [-0.25, -0.2) is 0 Å². The first-order valence-electron chi connectivity index (χ1n) is 10.8. The number of methoxy groups -OCH3 is 1. The van der Waals surface area contributed by atoms with Gasteiger partial charge in [0.25, 0.3) is 5.91 Å². The predicted octanol–water partition coefficient (Wildman–Crippen LogP) is 5.63. The number of amides is 1. The lowest BCUT2D eigenvalue weighted by Crippen LogP contribution is -2.42. The predicted molar refractivity (Wildman–Crippen MR) is 132 cm³/mol. The number of ether oxygens (including phenoxy) is 1. The molecule has 8 heteroatoms. The number of nitrogens with zero attached hydrogens (tertiary/aromatic N) is 1. The molecular weight excluding hydrogens is 434 g/mol. The van der Waals surface area contributed by atoms with Crippen molar-refractivity contribution in [2.45, 2.75) is 38.7 Å². The fourth-order valence-corrected chi connectivity index (χ4v) is 3.87. The molecule has 4 rings (SSSR count). The number of benzene rings is 3. The summed E-state index contributed by atoms with van der Waals surface area (Å²) in [4.78, 5) is 23.7. The lowest BCUT2D eigenvalue weighted by molar-refractivity contribution is -0.385. The molecule has 1 aliphatic rings. The summed E-state index contributed by atoms with van der Waals surface area (Å²) in [6, 6.07) is 15.7. The molecular formula is C26H27N3O5. The maximum absolute atomic E-state index is 13.0. The van der Waals surface area contributed by atoms with Gasteiger partial charge in [0.2, 0.25) is 0 Å². The molecule has 176 valence electrons. The van der Waals surface area contributed by atoms with Crippen molar-refractivity contribution in [3.63, 3.8) is 0 Å². The number of carbonyl (C=O) groups is 1. The highest BCUT2D eigenvalue weighted by Crippen LogP contribution is 2.41. The Labute approximate surface area is 197 Å². The first kappa shape index (κ1) is 23.3. The molecule has 8 nitrogen and oxygen atoms in total. The molecule has 1 aliphatic heterocycles. The molecule has 0 aromatic heterocycles. The van der Waals surface area contributed by atoms with Crippen LogP contribution in [0.4, 0.5) is 22.7 Å². The number of fused-ring (bicyclic) bond motifs is 2. The van der Waals surface area contributed by atoms with E-state index in [1.165, 1.54) is 13.2 Å². The van der Waals surface area contributed by atoms with Crippen LogP contribution in [0.1, 0.15) is 43.6 Å². The summed E-state index contributed by atoms with van der Waals surface area (Å²) in [7, 11) is 1.39. The van der Waals surface area contributed by atoms with Gasteiger partial charge < -0.3 is 20.5 Å². The Balaban J connectivity index is 1.74. The van der Waals surface area contributed by atoms with Crippen molar-refractivity contribution in [3.8, 4) is 16.9 Å². The van der Waals surface area contributed by atoms with Crippen molar-refractivity contribution in [2.75, 3.05) is 17.7 Å². The molecule has 0 bridgehead atoms. The molecule has 1 heterocycles. The summed E-state index contributed by atoms with van der Waals surface area (Å²) in [6.45, 7) is 7.44. The van der Waals surface area contributed by atoms with Gasteiger partial charge in [-0.1, -0.05) is 26.0 Å². The van der Waals surface area contributed by atoms with Crippen molar-refractivity contribution in [1.82, 2.24) is 0 Å². The van der Waals surface area contributed by atoms with E-state index in [-0.39, 0.29) is 17.3 Å².